The summed E-state index contributed by atoms with van der Waals surface area (Å²) in [6.07, 6.45) is 3.95. The molecule has 0 spiro atoms. The first-order chi connectivity index (χ1) is 14.8. The van der Waals surface area contributed by atoms with Crippen LogP contribution >= 0.6 is 24.0 Å². The standard InChI is InChI=1S/C23H38N6O.HI/c24-23(25-8-1-9-27-14-16-30-17-15-27)26-18-20-4-6-22(7-5-20)29-12-10-28(11-13-29)19-21-2-3-21;/h4-7,21H,1-3,8-19H2,(H3,24,25,26);1H. The van der Waals surface area contributed by atoms with E-state index in [0.717, 1.165) is 64.8 Å². The second-order valence-electron chi connectivity index (χ2n) is 8.83. The van der Waals surface area contributed by atoms with Gasteiger partial charge in [0.05, 0.1) is 19.8 Å². The molecule has 3 fully saturated rings. The minimum Gasteiger partial charge on any atom is -0.379 e. The molecule has 1 aromatic rings. The second-order valence-corrected chi connectivity index (χ2v) is 8.83. The quantitative estimate of drug-likeness (QED) is 0.215. The van der Waals surface area contributed by atoms with Crippen LogP contribution < -0.4 is 16.0 Å². The Bertz CT molecular complexity index is 667. The van der Waals surface area contributed by atoms with Gasteiger partial charge in [0.25, 0.3) is 0 Å². The van der Waals surface area contributed by atoms with Crippen LogP contribution in [0.4, 0.5) is 5.69 Å². The molecule has 2 heterocycles. The zero-order chi connectivity index (χ0) is 20.6. The molecule has 3 aliphatic rings. The highest BCUT2D eigenvalue weighted by molar-refractivity contribution is 14.0. The summed E-state index contributed by atoms with van der Waals surface area (Å²) in [5.74, 6) is 1.52. The van der Waals surface area contributed by atoms with Gasteiger partial charge in [-0.2, -0.15) is 0 Å². The molecular weight excluding hydrogens is 503 g/mol. The van der Waals surface area contributed by atoms with Crippen molar-refractivity contribution in [2.45, 2.75) is 25.8 Å². The Morgan fingerprint density at radius 1 is 1.00 bits per heavy atom. The van der Waals surface area contributed by atoms with E-state index in [0.29, 0.717) is 12.5 Å². The number of piperazine rings is 1. The number of nitrogens with zero attached hydrogens (tertiary/aromatic N) is 4. The predicted octanol–water partition coefficient (Wildman–Crippen LogP) is 1.96. The van der Waals surface area contributed by atoms with Gasteiger partial charge in [0.1, 0.15) is 0 Å². The number of halogens is 1. The smallest absolute Gasteiger partial charge is 0.188 e. The summed E-state index contributed by atoms with van der Waals surface area (Å²) in [6, 6.07) is 8.82. The van der Waals surface area contributed by atoms with Crippen molar-refractivity contribution in [1.29, 1.82) is 0 Å². The van der Waals surface area contributed by atoms with Gasteiger partial charge in [-0.05, 0) is 49.4 Å². The number of ether oxygens (including phenoxy) is 1. The Morgan fingerprint density at radius 3 is 2.39 bits per heavy atom. The van der Waals surface area contributed by atoms with E-state index in [1.165, 1.54) is 43.7 Å². The molecule has 0 aromatic heterocycles. The van der Waals surface area contributed by atoms with Gasteiger partial charge in [-0.15, -0.1) is 24.0 Å². The first-order valence-electron chi connectivity index (χ1n) is 11.7. The van der Waals surface area contributed by atoms with Crippen molar-refractivity contribution < 1.29 is 4.74 Å². The lowest BCUT2D eigenvalue weighted by Crippen LogP contribution is -2.47. The van der Waals surface area contributed by atoms with Gasteiger partial charge in [-0.3, -0.25) is 9.80 Å². The summed E-state index contributed by atoms with van der Waals surface area (Å²) in [6.45, 7) is 12.3. The van der Waals surface area contributed by atoms with Gasteiger partial charge in [-0.1, -0.05) is 12.1 Å². The first kappa shape index (κ1) is 24.5. The third kappa shape index (κ3) is 8.40. The van der Waals surface area contributed by atoms with Gasteiger partial charge >= 0.3 is 0 Å². The lowest BCUT2D eigenvalue weighted by molar-refractivity contribution is 0.0376. The largest absolute Gasteiger partial charge is 0.379 e. The fraction of sp³-hybridized carbons (Fsp3) is 0.696. The molecule has 4 rings (SSSR count). The average Bonchev–Trinajstić information content (AvgIpc) is 3.61. The van der Waals surface area contributed by atoms with E-state index < -0.39 is 0 Å². The van der Waals surface area contributed by atoms with Crippen molar-refractivity contribution in [1.82, 2.24) is 15.1 Å². The van der Waals surface area contributed by atoms with Crippen LogP contribution in [0.3, 0.4) is 0 Å². The van der Waals surface area contributed by atoms with Gasteiger partial charge in [0.2, 0.25) is 0 Å². The van der Waals surface area contributed by atoms with Crippen LogP contribution in [0, 0.1) is 5.92 Å². The van der Waals surface area contributed by atoms with Crippen molar-refractivity contribution in [2.24, 2.45) is 16.6 Å². The van der Waals surface area contributed by atoms with E-state index in [1.54, 1.807) is 0 Å². The number of rotatable bonds is 9. The third-order valence-electron chi connectivity index (χ3n) is 6.38. The molecule has 1 aromatic carbocycles. The molecule has 0 bridgehead atoms. The van der Waals surface area contributed by atoms with Gasteiger partial charge in [0, 0.05) is 58.0 Å². The molecule has 1 aliphatic carbocycles. The summed E-state index contributed by atoms with van der Waals surface area (Å²) >= 11 is 0. The summed E-state index contributed by atoms with van der Waals surface area (Å²) in [7, 11) is 0. The van der Waals surface area contributed by atoms with Crippen molar-refractivity contribution in [3.63, 3.8) is 0 Å². The molecule has 3 N–H and O–H groups in total. The zero-order valence-electron chi connectivity index (χ0n) is 18.7. The van der Waals surface area contributed by atoms with Crippen LogP contribution in [0.1, 0.15) is 24.8 Å². The molecule has 8 heteroatoms. The Morgan fingerprint density at radius 2 is 1.71 bits per heavy atom. The molecule has 2 aliphatic heterocycles. The molecule has 2 saturated heterocycles. The van der Waals surface area contributed by atoms with Crippen molar-refractivity contribution in [3.05, 3.63) is 29.8 Å². The highest BCUT2D eigenvalue weighted by atomic mass is 127. The number of aliphatic imine (C=N–C) groups is 1. The van der Waals surface area contributed by atoms with Crippen LogP contribution in [0.5, 0.6) is 0 Å². The van der Waals surface area contributed by atoms with Crippen LogP contribution in [-0.4, -0.2) is 87.9 Å². The maximum Gasteiger partial charge on any atom is 0.188 e. The van der Waals surface area contributed by atoms with E-state index in [1.807, 2.05) is 0 Å². The van der Waals surface area contributed by atoms with Gasteiger partial charge in [0.15, 0.2) is 5.96 Å². The molecule has 174 valence electrons. The summed E-state index contributed by atoms with van der Waals surface area (Å²) in [5, 5.41) is 3.23. The number of hydrogen-bond donors (Lipinski definition) is 2. The summed E-state index contributed by atoms with van der Waals surface area (Å²) in [5.41, 5.74) is 8.55. The van der Waals surface area contributed by atoms with Crippen LogP contribution in [0.15, 0.2) is 29.3 Å². The number of nitrogens with two attached hydrogens (primary N) is 1. The summed E-state index contributed by atoms with van der Waals surface area (Å²) in [4.78, 5) is 12.1. The maximum atomic E-state index is 6.03. The molecule has 0 atom stereocenters. The lowest BCUT2D eigenvalue weighted by Gasteiger charge is -2.36. The van der Waals surface area contributed by atoms with Crippen molar-refractivity contribution in [2.75, 3.05) is 77.0 Å². The second kappa shape index (κ2) is 12.8. The van der Waals surface area contributed by atoms with E-state index in [-0.39, 0.29) is 24.0 Å². The Kier molecular flexibility index (Phi) is 10.1. The molecule has 0 radical (unpaired) electrons. The Balaban J connectivity index is 0.00000272. The summed E-state index contributed by atoms with van der Waals surface area (Å²) < 4.78 is 5.38. The highest BCUT2D eigenvalue weighted by Crippen LogP contribution is 2.30. The first-order valence-corrected chi connectivity index (χ1v) is 11.7. The monoisotopic (exact) mass is 542 g/mol. The normalized spacial score (nSPS) is 21.0. The molecule has 0 unspecified atom stereocenters. The Labute approximate surface area is 204 Å². The number of benzene rings is 1. The maximum absolute atomic E-state index is 6.03. The minimum atomic E-state index is 0. The van der Waals surface area contributed by atoms with E-state index in [9.17, 15) is 0 Å². The van der Waals surface area contributed by atoms with Crippen LogP contribution in [0.2, 0.25) is 0 Å². The highest BCUT2D eigenvalue weighted by Gasteiger charge is 2.26. The van der Waals surface area contributed by atoms with Crippen molar-refractivity contribution >= 4 is 35.6 Å². The topological polar surface area (TPSA) is 69.4 Å². The van der Waals surface area contributed by atoms with E-state index in [2.05, 4.69) is 49.3 Å². The molecule has 1 saturated carbocycles. The minimum absolute atomic E-state index is 0. The fourth-order valence-electron chi connectivity index (χ4n) is 4.24. The third-order valence-corrected chi connectivity index (χ3v) is 6.38. The molecular formula is C23H39IN6O. The number of anilines is 1. The SMILES string of the molecule is I.NC(=NCc1ccc(N2CCN(CC3CC3)CC2)cc1)NCCCN1CCOCC1. The van der Waals surface area contributed by atoms with Crippen molar-refractivity contribution in [3.8, 4) is 0 Å². The number of nitrogens with one attached hydrogen (secondary N) is 1. The van der Waals surface area contributed by atoms with Gasteiger partial charge < -0.3 is 20.7 Å². The fourth-order valence-corrected chi connectivity index (χ4v) is 4.24. The van der Waals surface area contributed by atoms with E-state index in [4.69, 9.17) is 10.5 Å². The van der Waals surface area contributed by atoms with Gasteiger partial charge in [-0.25, -0.2) is 4.99 Å². The van der Waals surface area contributed by atoms with Crippen LogP contribution in [-0.2, 0) is 11.3 Å². The number of guanidine groups is 1. The molecule has 7 nitrogen and oxygen atoms in total. The molecule has 31 heavy (non-hydrogen) atoms. The zero-order valence-corrected chi connectivity index (χ0v) is 21.0. The molecule has 0 amide bonds. The van der Waals surface area contributed by atoms with E-state index >= 15 is 0 Å². The predicted molar refractivity (Wildman–Crippen MR) is 138 cm³/mol. The lowest BCUT2D eigenvalue weighted by atomic mass is 10.1. The average molecular weight is 543 g/mol. The van der Waals surface area contributed by atoms with Crippen LogP contribution in [0.25, 0.3) is 0 Å². The Hall–Kier alpha value is -1.10. The number of morpholine rings is 1. The number of hydrogen-bond acceptors (Lipinski definition) is 5.